The molecule has 4 nitrogen and oxygen atoms in total. The van der Waals surface area contributed by atoms with Crippen molar-refractivity contribution in [1.29, 1.82) is 0 Å². The fourth-order valence-electron chi connectivity index (χ4n) is 3.17. The second-order valence-electron chi connectivity index (χ2n) is 6.59. The highest BCUT2D eigenvalue weighted by Crippen LogP contribution is 2.31. The van der Waals surface area contributed by atoms with E-state index in [1.807, 2.05) is 21.0 Å². The zero-order valence-corrected chi connectivity index (χ0v) is 16.5. The average molecular weight is 382 g/mol. The molecule has 0 saturated heterocycles. The number of likely N-dealkylation sites (N-methyl/N-ethyl adjacent to an activating group) is 1. The maximum Gasteiger partial charge on any atom is 0.225 e. The van der Waals surface area contributed by atoms with Gasteiger partial charge in [-0.3, -0.25) is 4.79 Å². The van der Waals surface area contributed by atoms with E-state index in [2.05, 4.69) is 27.0 Å². The minimum absolute atomic E-state index is 0. The van der Waals surface area contributed by atoms with Gasteiger partial charge < -0.3 is 16.0 Å². The molecule has 1 aromatic heterocycles. The van der Waals surface area contributed by atoms with Gasteiger partial charge in [0, 0.05) is 12.1 Å². The molecule has 134 valence electrons. The molecule has 1 heterocycles. The van der Waals surface area contributed by atoms with Crippen LogP contribution in [0.2, 0.25) is 0 Å². The summed E-state index contributed by atoms with van der Waals surface area (Å²) in [7, 11) is 4.09. The normalized spacial score (nSPS) is 25.2. The highest BCUT2D eigenvalue weighted by Gasteiger charge is 2.37. The van der Waals surface area contributed by atoms with Crippen molar-refractivity contribution in [3.63, 3.8) is 0 Å². The van der Waals surface area contributed by atoms with Crippen LogP contribution in [0.4, 0.5) is 0 Å². The standard InChI is InChI=1S/C16H27N3OS.2ClH/c1-16(17)8-5-4-6-13(16)15(20)18-10-14(19(2)3)12-7-9-21-11-12;;/h7,9,11,13-14H,4-6,8,10,17H2,1-3H3,(H,18,20);2*1H. The summed E-state index contributed by atoms with van der Waals surface area (Å²) in [6.45, 7) is 2.65. The van der Waals surface area contributed by atoms with E-state index < -0.39 is 0 Å². The molecule has 1 aliphatic carbocycles. The van der Waals surface area contributed by atoms with Crippen molar-refractivity contribution in [3.05, 3.63) is 22.4 Å². The number of nitrogens with two attached hydrogens (primary N) is 1. The first-order chi connectivity index (χ1) is 9.92. The number of carbonyl (C=O) groups is 1. The maximum atomic E-state index is 12.5. The maximum absolute atomic E-state index is 12.5. The zero-order chi connectivity index (χ0) is 15.5. The zero-order valence-electron chi connectivity index (χ0n) is 14.1. The molecule has 0 bridgehead atoms. The molecule has 0 spiro atoms. The molecular weight excluding hydrogens is 353 g/mol. The molecular formula is C16H29Cl2N3OS. The van der Waals surface area contributed by atoms with Gasteiger partial charge in [-0.15, -0.1) is 24.8 Å². The summed E-state index contributed by atoms with van der Waals surface area (Å²) in [5, 5.41) is 7.34. The Labute approximate surface area is 156 Å². The Kier molecular flexibility index (Phi) is 9.70. The van der Waals surface area contributed by atoms with Gasteiger partial charge in [-0.05, 0) is 56.3 Å². The molecule has 3 unspecified atom stereocenters. The molecule has 23 heavy (non-hydrogen) atoms. The van der Waals surface area contributed by atoms with E-state index in [0.29, 0.717) is 6.54 Å². The van der Waals surface area contributed by atoms with Crippen LogP contribution in [0.3, 0.4) is 0 Å². The van der Waals surface area contributed by atoms with Gasteiger partial charge in [0.25, 0.3) is 0 Å². The third-order valence-electron chi connectivity index (χ3n) is 4.59. The van der Waals surface area contributed by atoms with Crippen LogP contribution in [0.15, 0.2) is 16.8 Å². The summed E-state index contributed by atoms with van der Waals surface area (Å²) in [6, 6.07) is 2.34. The lowest BCUT2D eigenvalue weighted by atomic mass is 9.74. The Morgan fingerprint density at radius 2 is 2.17 bits per heavy atom. The summed E-state index contributed by atoms with van der Waals surface area (Å²) in [5.74, 6) is 0.0540. The largest absolute Gasteiger partial charge is 0.354 e. The summed E-state index contributed by atoms with van der Waals surface area (Å²) in [5.41, 5.74) is 7.21. The second-order valence-corrected chi connectivity index (χ2v) is 7.37. The summed E-state index contributed by atoms with van der Waals surface area (Å²) >= 11 is 1.69. The third kappa shape index (κ3) is 5.91. The van der Waals surface area contributed by atoms with Crippen molar-refractivity contribution < 1.29 is 4.79 Å². The molecule has 0 aliphatic heterocycles. The third-order valence-corrected chi connectivity index (χ3v) is 5.29. The summed E-state index contributed by atoms with van der Waals surface area (Å²) < 4.78 is 0. The molecule has 1 fully saturated rings. The Bertz CT molecular complexity index is 466. The first-order valence-electron chi connectivity index (χ1n) is 7.67. The molecule has 0 radical (unpaired) electrons. The number of nitrogens with zero attached hydrogens (tertiary/aromatic N) is 1. The highest BCUT2D eigenvalue weighted by molar-refractivity contribution is 7.07. The van der Waals surface area contributed by atoms with Gasteiger partial charge in [0.05, 0.1) is 12.0 Å². The molecule has 1 aromatic rings. The van der Waals surface area contributed by atoms with Crippen molar-refractivity contribution in [1.82, 2.24) is 10.2 Å². The van der Waals surface area contributed by atoms with Gasteiger partial charge in [0.2, 0.25) is 5.91 Å². The van der Waals surface area contributed by atoms with E-state index in [1.54, 1.807) is 11.3 Å². The van der Waals surface area contributed by atoms with Crippen LogP contribution >= 0.6 is 36.2 Å². The minimum atomic E-state index is -0.363. The first kappa shape index (κ1) is 22.7. The Balaban J connectivity index is 0.00000242. The van der Waals surface area contributed by atoms with Crippen molar-refractivity contribution in [2.24, 2.45) is 11.7 Å². The van der Waals surface area contributed by atoms with Crippen LogP contribution in [-0.2, 0) is 4.79 Å². The molecule has 1 saturated carbocycles. The lowest BCUT2D eigenvalue weighted by Gasteiger charge is -2.37. The topological polar surface area (TPSA) is 58.4 Å². The van der Waals surface area contributed by atoms with Crippen LogP contribution in [0, 0.1) is 5.92 Å². The van der Waals surface area contributed by atoms with Crippen molar-refractivity contribution in [3.8, 4) is 0 Å². The lowest BCUT2D eigenvalue weighted by molar-refractivity contribution is -0.128. The summed E-state index contributed by atoms with van der Waals surface area (Å²) in [6.07, 6.45) is 4.08. The van der Waals surface area contributed by atoms with Crippen molar-refractivity contribution in [2.75, 3.05) is 20.6 Å². The smallest absolute Gasteiger partial charge is 0.225 e. The number of hydrogen-bond donors (Lipinski definition) is 2. The first-order valence-corrected chi connectivity index (χ1v) is 8.61. The van der Waals surface area contributed by atoms with Crippen molar-refractivity contribution in [2.45, 2.75) is 44.2 Å². The van der Waals surface area contributed by atoms with Gasteiger partial charge in [-0.1, -0.05) is 12.8 Å². The molecule has 2 rings (SSSR count). The number of rotatable bonds is 5. The minimum Gasteiger partial charge on any atom is -0.354 e. The van der Waals surface area contributed by atoms with Crippen LogP contribution in [0.5, 0.6) is 0 Å². The van der Waals surface area contributed by atoms with Gasteiger partial charge in [-0.2, -0.15) is 11.3 Å². The van der Waals surface area contributed by atoms with Crippen LogP contribution in [0.25, 0.3) is 0 Å². The van der Waals surface area contributed by atoms with Gasteiger partial charge in [-0.25, -0.2) is 0 Å². The molecule has 3 N–H and O–H groups in total. The predicted octanol–water partition coefficient (Wildman–Crippen LogP) is 3.22. The van der Waals surface area contributed by atoms with Crippen LogP contribution < -0.4 is 11.1 Å². The van der Waals surface area contributed by atoms with E-state index in [1.165, 1.54) is 5.56 Å². The van der Waals surface area contributed by atoms with Crippen LogP contribution in [-0.4, -0.2) is 37.0 Å². The van der Waals surface area contributed by atoms with Crippen LogP contribution in [0.1, 0.15) is 44.2 Å². The van der Waals surface area contributed by atoms with E-state index in [9.17, 15) is 4.79 Å². The fourth-order valence-corrected chi connectivity index (χ4v) is 3.88. The SMILES string of the molecule is CN(C)C(CNC(=O)C1CCCCC1(C)N)c1ccsc1.Cl.Cl. The van der Waals surface area contributed by atoms with E-state index in [-0.39, 0.29) is 48.2 Å². The molecule has 0 aromatic carbocycles. The number of carbonyl (C=O) groups excluding carboxylic acids is 1. The number of nitrogens with one attached hydrogen (secondary N) is 1. The second kappa shape index (κ2) is 9.84. The molecule has 1 amide bonds. The van der Waals surface area contributed by atoms with E-state index in [0.717, 1.165) is 25.7 Å². The number of amides is 1. The Hall–Kier alpha value is -0.330. The Morgan fingerprint density at radius 3 is 2.70 bits per heavy atom. The molecule has 7 heteroatoms. The average Bonchev–Trinajstić information content (AvgIpc) is 2.91. The van der Waals surface area contributed by atoms with E-state index in [4.69, 9.17) is 5.73 Å². The predicted molar refractivity (Wildman–Crippen MR) is 103 cm³/mol. The summed E-state index contributed by atoms with van der Waals surface area (Å²) in [4.78, 5) is 14.6. The Morgan fingerprint density at radius 1 is 1.48 bits per heavy atom. The number of thiophene rings is 1. The van der Waals surface area contributed by atoms with E-state index >= 15 is 0 Å². The lowest BCUT2D eigenvalue weighted by Crippen LogP contribution is -2.53. The quantitative estimate of drug-likeness (QED) is 0.822. The van der Waals surface area contributed by atoms with Gasteiger partial charge in [0.1, 0.15) is 0 Å². The number of hydrogen-bond acceptors (Lipinski definition) is 4. The van der Waals surface area contributed by atoms with Crippen molar-refractivity contribution >= 4 is 42.1 Å². The monoisotopic (exact) mass is 381 g/mol. The number of halogens is 2. The van der Waals surface area contributed by atoms with Gasteiger partial charge >= 0.3 is 0 Å². The molecule has 1 aliphatic rings. The fraction of sp³-hybridized carbons (Fsp3) is 0.688. The van der Waals surface area contributed by atoms with Gasteiger partial charge in [0.15, 0.2) is 0 Å². The highest BCUT2D eigenvalue weighted by atomic mass is 35.5. The molecule has 3 atom stereocenters.